The highest BCUT2D eigenvalue weighted by molar-refractivity contribution is 6.58. The van der Waals surface area contributed by atoms with Gasteiger partial charge in [-0.2, -0.15) is 5.10 Å². The van der Waals surface area contributed by atoms with E-state index in [-0.39, 0.29) is 37.4 Å². The van der Waals surface area contributed by atoms with E-state index in [4.69, 9.17) is 35.8 Å². The van der Waals surface area contributed by atoms with Gasteiger partial charge in [-0.05, 0) is 24.6 Å². The highest BCUT2D eigenvalue weighted by Crippen LogP contribution is 2.29. The predicted octanol–water partition coefficient (Wildman–Crippen LogP) is 1.49. The average Bonchev–Trinajstić information content (AvgIpc) is 3.01. The summed E-state index contributed by atoms with van der Waals surface area (Å²) < 4.78 is 4.79. The molecule has 0 aromatic heterocycles. The van der Waals surface area contributed by atoms with Gasteiger partial charge in [-0.15, -0.1) is 0 Å². The number of hydrogen-bond acceptors (Lipinski definition) is 6. The molecule has 2 radical (unpaired) electrons. The Morgan fingerprint density at radius 2 is 2.00 bits per heavy atom. The normalized spacial score (nSPS) is 15.8. The number of halogens is 2. The number of nitrogens with one attached hydrogen (secondary N) is 2. The molecule has 0 saturated carbocycles. The molecule has 8 nitrogen and oxygen atoms in total. The first kappa shape index (κ1) is 23.2. The van der Waals surface area contributed by atoms with Crippen LogP contribution in [0, 0.1) is 5.92 Å². The largest absolute Gasteiger partial charge is 0.365 e. The third kappa shape index (κ3) is 7.68. The summed E-state index contributed by atoms with van der Waals surface area (Å²) in [5, 5.41) is 12.5. The lowest BCUT2D eigenvalue weighted by molar-refractivity contribution is -0.128. The number of hydrazone groups is 1. The maximum atomic E-state index is 12.1. The quantitative estimate of drug-likeness (QED) is 0.449. The molecule has 0 aliphatic carbocycles. The van der Waals surface area contributed by atoms with Gasteiger partial charge < -0.3 is 20.2 Å². The molecule has 0 saturated heterocycles. The van der Waals surface area contributed by atoms with Crippen LogP contribution in [0.25, 0.3) is 0 Å². The second kappa shape index (κ2) is 11.2. The molecule has 0 spiro atoms. The smallest absolute Gasteiger partial charge is 0.246 e. The Morgan fingerprint density at radius 3 is 2.69 bits per heavy atom. The van der Waals surface area contributed by atoms with Crippen molar-refractivity contribution in [1.29, 1.82) is 0 Å². The van der Waals surface area contributed by atoms with Crippen LogP contribution in [0.4, 0.5) is 5.69 Å². The zero-order valence-electron chi connectivity index (χ0n) is 15.9. The summed E-state index contributed by atoms with van der Waals surface area (Å²) in [6, 6.07) is 5.23. The fourth-order valence-corrected chi connectivity index (χ4v) is 2.84. The predicted molar refractivity (Wildman–Crippen MR) is 112 cm³/mol. The zero-order chi connectivity index (χ0) is 21.4. The van der Waals surface area contributed by atoms with Crippen molar-refractivity contribution in [3.05, 3.63) is 28.2 Å². The Kier molecular flexibility index (Phi) is 8.94. The van der Waals surface area contributed by atoms with E-state index in [9.17, 15) is 14.4 Å². The van der Waals surface area contributed by atoms with E-state index >= 15 is 0 Å². The first-order valence-corrected chi connectivity index (χ1v) is 9.75. The number of carbonyl (C=O) groups excluding carboxylic acids is 3. The second-order valence-corrected chi connectivity index (χ2v) is 7.34. The van der Waals surface area contributed by atoms with E-state index in [1.807, 2.05) is 13.0 Å². The molecule has 1 aliphatic heterocycles. The van der Waals surface area contributed by atoms with Crippen molar-refractivity contribution in [3.8, 4) is 0 Å². The molecule has 1 aromatic rings. The molecule has 2 rings (SSSR count). The van der Waals surface area contributed by atoms with Gasteiger partial charge in [-0.1, -0.05) is 30.1 Å². The first-order valence-electron chi connectivity index (χ1n) is 9.00. The van der Waals surface area contributed by atoms with Crippen LogP contribution in [0.1, 0.15) is 19.8 Å². The summed E-state index contributed by atoms with van der Waals surface area (Å²) in [7, 11) is 4.90. The molecule has 1 heterocycles. The molecule has 1 aromatic carbocycles. The van der Waals surface area contributed by atoms with Gasteiger partial charge in [0.25, 0.3) is 0 Å². The Bertz CT molecular complexity index is 806. The number of amides is 2. The van der Waals surface area contributed by atoms with Crippen LogP contribution >= 0.6 is 23.2 Å². The van der Waals surface area contributed by atoms with Gasteiger partial charge in [0, 0.05) is 18.9 Å². The number of amidine groups is 1. The van der Waals surface area contributed by atoms with Crippen molar-refractivity contribution < 1.29 is 19.1 Å². The van der Waals surface area contributed by atoms with Gasteiger partial charge in [0.05, 0.1) is 28.9 Å². The number of carbonyl (C=O) groups is 3. The Labute approximate surface area is 180 Å². The van der Waals surface area contributed by atoms with Crippen molar-refractivity contribution in [1.82, 2.24) is 10.6 Å². The van der Waals surface area contributed by atoms with E-state index in [1.54, 1.807) is 17.1 Å². The minimum Gasteiger partial charge on any atom is -0.365 e. The van der Waals surface area contributed by atoms with E-state index < -0.39 is 5.68 Å². The SMILES string of the molecule is [B]C(=O)COCC(=O)NCCCC(=O)NC1=NN(c2ccc(Cl)c(Cl)c2)CC1C. The third-order valence-electron chi connectivity index (χ3n) is 3.99. The van der Waals surface area contributed by atoms with Gasteiger partial charge in [-0.25, -0.2) is 0 Å². The average molecular weight is 439 g/mol. The molecule has 2 amide bonds. The van der Waals surface area contributed by atoms with E-state index in [0.717, 1.165) is 5.69 Å². The number of hydrogen-bond donors (Lipinski definition) is 2. The lowest BCUT2D eigenvalue weighted by atomic mass is 10.1. The summed E-state index contributed by atoms with van der Waals surface area (Å²) in [5.74, 6) is 0.0454. The van der Waals surface area contributed by atoms with Crippen LogP contribution in [0.3, 0.4) is 0 Å². The zero-order valence-corrected chi connectivity index (χ0v) is 17.4. The summed E-state index contributed by atoms with van der Waals surface area (Å²) >= 11 is 12.0. The molecular formula is C18H21BCl2N4O4. The molecule has 2 N–H and O–H groups in total. The monoisotopic (exact) mass is 438 g/mol. The van der Waals surface area contributed by atoms with Crippen molar-refractivity contribution in [2.75, 3.05) is 31.3 Å². The minimum absolute atomic E-state index is 0.0375. The standard InChI is InChI=1S/C18H21BCl2N4O4/c1-11-8-25(12-4-5-13(20)14(21)7-12)24-18(11)23-16(27)3-2-6-22-17(28)10-29-9-15(19)26/h4-5,7,11H,2-3,6,8-10H2,1H3,(H,22,28)(H,23,24,27). The van der Waals surface area contributed by atoms with Crippen LogP contribution in [-0.4, -0.2) is 57.5 Å². The van der Waals surface area contributed by atoms with Crippen molar-refractivity contribution >= 4 is 60.1 Å². The summed E-state index contributed by atoms with van der Waals surface area (Å²) in [6.45, 7) is 2.31. The molecule has 1 atom stereocenters. The van der Waals surface area contributed by atoms with Crippen LogP contribution in [0.5, 0.6) is 0 Å². The molecule has 1 aliphatic rings. The molecule has 154 valence electrons. The Hall–Kier alpha value is -2.10. The van der Waals surface area contributed by atoms with Gasteiger partial charge in [-0.3, -0.25) is 14.6 Å². The lowest BCUT2D eigenvalue weighted by Gasteiger charge is -2.14. The fraction of sp³-hybridized carbons (Fsp3) is 0.444. The number of anilines is 1. The summed E-state index contributed by atoms with van der Waals surface area (Å²) in [5.41, 5.74) is 0.146. The molecule has 1 unspecified atom stereocenters. The van der Waals surface area contributed by atoms with Crippen LogP contribution < -0.4 is 15.6 Å². The summed E-state index contributed by atoms with van der Waals surface area (Å²) in [4.78, 5) is 34.1. The number of ether oxygens (including phenoxy) is 1. The summed E-state index contributed by atoms with van der Waals surface area (Å²) in [6.07, 6.45) is 0.673. The second-order valence-electron chi connectivity index (χ2n) is 6.53. The van der Waals surface area contributed by atoms with E-state index in [1.165, 1.54) is 0 Å². The maximum Gasteiger partial charge on any atom is 0.246 e. The van der Waals surface area contributed by atoms with Gasteiger partial charge in [0.15, 0.2) is 7.85 Å². The van der Waals surface area contributed by atoms with Crippen molar-refractivity contribution in [2.45, 2.75) is 19.8 Å². The number of rotatable bonds is 9. The first-order chi connectivity index (χ1) is 13.8. The third-order valence-corrected chi connectivity index (χ3v) is 4.73. The fourth-order valence-electron chi connectivity index (χ4n) is 2.55. The van der Waals surface area contributed by atoms with Crippen LogP contribution in [0.15, 0.2) is 23.3 Å². The highest BCUT2D eigenvalue weighted by atomic mass is 35.5. The van der Waals surface area contributed by atoms with Gasteiger partial charge in [0.1, 0.15) is 18.1 Å². The number of benzene rings is 1. The topological polar surface area (TPSA) is 100 Å². The molecule has 0 fully saturated rings. The van der Waals surface area contributed by atoms with Crippen molar-refractivity contribution in [2.24, 2.45) is 11.0 Å². The minimum atomic E-state index is -0.642. The molecule has 29 heavy (non-hydrogen) atoms. The van der Waals surface area contributed by atoms with Crippen LogP contribution in [0.2, 0.25) is 10.0 Å². The lowest BCUT2D eigenvalue weighted by Crippen LogP contribution is -2.34. The maximum absolute atomic E-state index is 12.1. The van der Waals surface area contributed by atoms with E-state index in [2.05, 4.69) is 15.7 Å². The highest BCUT2D eigenvalue weighted by Gasteiger charge is 2.25. The van der Waals surface area contributed by atoms with Gasteiger partial charge in [0.2, 0.25) is 11.8 Å². The molecular weight excluding hydrogens is 418 g/mol. The molecule has 11 heteroatoms. The Balaban J connectivity index is 1.73. The van der Waals surface area contributed by atoms with Crippen molar-refractivity contribution in [3.63, 3.8) is 0 Å². The molecule has 0 bridgehead atoms. The van der Waals surface area contributed by atoms with E-state index in [0.29, 0.717) is 35.4 Å². The Morgan fingerprint density at radius 1 is 1.24 bits per heavy atom. The number of nitrogens with zero attached hydrogens (tertiary/aromatic N) is 2. The van der Waals surface area contributed by atoms with Crippen LogP contribution in [-0.2, 0) is 19.1 Å². The van der Waals surface area contributed by atoms with Gasteiger partial charge >= 0.3 is 0 Å².